The molecule has 1 heteroatoms. The molecule has 0 aliphatic carbocycles. The minimum atomic E-state index is 0.594. The van der Waals surface area contributed by atoms with Crippen LogP contribution in [-0.4, -0.2) is 13.7 Å². The zero-order chi connectivity index (χ0) is 11.1. The topological polar surface area (TPSA) is 9.23 Å². The van der Waals surface area contributed by atoms with E-state index < -0.39 is 0 Å². The molecule has 0 saturated carbocycles. The number of ether oxygens (including phenoxy) is 1. The van der Waals surface area contributed by atoms with Crippen LogP contribution in [-0.2, 0) is 4.74 Å². The average molecular weight is 204 g/mol. The first-order chi connectivity index (χ1) is 7.22. The maximum absolute atomic E-state index is 5.09. The molecule has 0 amide bonds. The van der Waals surface area contributed by atoms with Gasteiger partial charge in [-0.15, -0.1) is 0 Å². The molecule has 1 rings (SSSR count). The molecule has 15 heavy (non-hydrogen) atoms. The van der Waals surface area contributed by atoms with Gasteiger partial charge >= 0.3 is 0 Å². The van der Waals surface area contributed by atoms with Crippen LogP contribution in [0.2, 0.25) is 0 Å². The average Bonchev–Trinajstić information content (AvgIpc) is 2.18. The summed E-state index contributed by atoms with van der Waals surface area (Å²) in [5.74, 6) is 0.594. The molecular formula is C14H20O. The van der Waals surface area contributed by atoms with Crippen LogP contribution in [0.5, 0.6) is 0 Å². The van der Waals surface area contributed by atoms with E-state index in [2.05, 4.69) is 50.3 Å². The van der Waals surface area contributed by atoms with Crippen molar-refractivity contribution in [3.05, 3.63) is 41.5 Å². The van der Waals surface area contributed by atoms with Gasteiger partial charge in [-0.3, -0.25) is 0 Å². The molecule has 0 saturated heterocycles. The van der Waals surface area contributed by atoms with Crippen LogP contribution >= 0.6 is 0 Å². The fraction of sp³-hybridized carbons (Fsp3) is 0.429. The normalized spacial score (nSPS) is 13.3. The second-order valence-electron chi connectivity index (χ2n) is 4.11. The Morgan fingerprint density at radius 1 is 1.40 bits per heavy atom. The highest BCUT2D eigenvalue weighted by molar-refractivity contribution is 5.50. The van der Waals surface area contributed by atoms with E-state index in [1.165, 1.54) is 11.1 Å². The lowest BCUT2D eigenvalue weighted by atomic mass is 10.1. The molecule has 0 aliphatic rings. The molecule has 1 atom stereocenters. The van der Waals surface area contributed by atoms with Crippen LogP contribution in [0.3, 0.4) is 0 Å². The highest BCUT2D eigenvalue weighted by atomic mass is 16.5. The summed E-state index contributed by atoms with van der Waals surface area (Å²) in [6.45, 7) is 5.15. The van der Waals surface area contributed by atoms with Crippen molar-refractivity contribution in [1.29, 1.82) is 0 Å². The molecular weight excluding hydrogens is 184 g/mol. The molecule has 0 aromatic heterocycles. The van der Waals surface area contributed by atoms with Crippen LogP contribution < -0.4 is 0 Å². The summed E-state index contributed by atoms with van der Waals surface area (Å²) in [6.07, 6.45) is 5.47. The summed E-state index contributed by atoms with van der Waals surface area (Å²) in [7, 11) is 1.75. The van der Waals surface area contributed by atoms with Gasteiger partial charge in [-0.25, -0.2) is 0 Å². The number of benzene rings is 1. The molecule has 1 aromatic rings. The third-order valence-electron chi connectivity index (χ3n) is 2.34. The Bertz CT molecular complexity index is 315. The summed E-state index contributed by atoms with van der Waals surface area (Å²) in [5, 5.41) is 0. The van der Waals surface area contributed by atoms with Crippen molar-refractivity contribution in [2.45, 2.75) is 20.3 Å². The smallest absolute Gasteiger partial charge is 0.0490 e. The predicted molar refractivity (Wildman–Crippen MR) is 65.9 cm³/mol. The number of hydrogen-bond acceptors (Lipinski definition) is 1. The standard InChI is InChI=1S/C14H20O/c1-12-6-4-8-14(10-12)9-5-7-13(2)11-15-3/h4-6,8-10,13H,7,11H2,1-3H3/b9-5+/t13-/m1/s1. The van der Waals surface area contributed by atoms with Crippen molar-refractivity contribution in [3.63, 3.8) is 0 Å². The Balaban J connectivity index is 2.44. The third kappa shape index (κ3) is 4.80. The van der Waals surface area contributed by atoms with Gasteiger partial charge in [0.1, 0.15) is 0 Å². The Labute approximate surface area is 92.8 Å². The van der Waals surface area contributed by atoms with Gasteiger partial charge in [0.15, 0.2) is 0 Å². The van der Waals surface area contributed by atoms with E-state index in [1.807, 2.05) is 0 Å². The van der Waals surface area contributed by atoms with E-state index in [0.717, 1.165) is 13.0 Å². The minimum absolute atomic E-state index is 0.594. The lowest BCUT2D eigenvalue weighted by molar-refractivity contribution is 0.161. The first-order valence-electron chi connectivity index (χ1n) is 5.44. The van der Waals surface area contributed by atoms with Gasteiger partial charge in [-0.2, -0.15) is 0 Å². The summed E-state index contributed by atoms with van der Waals surface area (Å²) < 4.78 is 5.09. The van der Waals surface area contributed by atoms with Crippen LogP contribution in [0.4, 0.5) is 0 Å². The molecule has 0 unspecified atom stereocenters. The Morgan fingerprint density at radius 3 is 2.87 bits per heavy atom. The summed E-state index contributed by atoms with van der Waals surface area (Å²) in [6, 6.07) is 8.53. The molecule has 0 fully saturated rings. The van der Waals surface area contributed by atoms with Gasteiger partial charge in [0, 0.05) is 13.7 Å². The van der Waals surface area contributed by atoms with Crippen molar-refractivity contribution >= 4 is 6.08 Å². The summed E-state index contributed by atoms with van der Waals surface area (Å²) in [5.41, 5.74) is 2.58. The van der Waals surface area contributed by atoms with E-state index in [9.17, 15) is 0 Å². The second-order valence-corrected chi connectivity index (χ2v) is 4.11. The van der Waals surface area contributed by atoms with Crippen LogP contribution in [0.1, 0.15) is 24.5 Å². The molecule has 0 N–H and O–H groups in total. The van der Waals surface area contributed by atoms with Crippen molar-refractivity contribution in [2.24, 2.45) is 5.92 Å². The van der Waals surface area contributed by atoms with E-state index in [4.69, 9.17) is 4.74 Å². The third-order valence-corrected chi connectivity index (χ3v) is 2.34. The number of methoxy groups -OCH3 is 1. The van der Waals surface area contributed by atoms with E-state index in [1.54, 1.807) is 7.11 Å². The first-order valence-corrected chi connectivity index (χ1v) is 5.44. The number of allylic oxidation sites excluding steroid dienone is 1. The maximum Gasteiger partial charge on any atom is 0.0490 e. The van der Waals surface area contributed by atoms with Crippen LogP contribution in [0, 0.1) is 12.8 Å². The molecule has 0 bridgehead atoms. The molecule has 1 aromatic carbocycles. The SMILES string of the molecule is COC[C@H](C)C/C=C/c1cccc(C)c1. The van der Waals surface area contributed by atoms with Crippen molar-refractivity contribution in [1.82, 2.24) is 0 Å². The van der Waals surface area contributed by atoms with Gasteiger partial charge in [0.2, 0.25) is 0 Å². The molecule has 0 spiro atoms. The quantitative estimate of drug-likeness (QED) is 0.711. The van der Waals surface area contributed by atoms with Gasteiger partial charge in [0.25, 0.3) is 0 Å². The first kappa shape index (κ1) is 12.0. The zero-order valence-corrected chi connectivity index (χ0v) is 9.86. The van der Waals surface area contributed by atoms with Gasteiger partial charge in [-0.1, -0.05) is 48.9 Å². The van der Waals surface area contributed by atoms with Crippen LogP contribution in [0.25, 0.3) is 6.08 Å². The highest BCUT2D eigenvalue weighted by Crippen LogP contribution is 2.09. The number of hydrogen-bond donors (Lipinski definition) is 0. The zero-order valence-electron chi connectivity index (χ0n) is 9.86. The van der Waals surface area contributed by atoms with E-state index in [-0.39, 0.29) is 0 Å². The highest BCUT2D eigenvalue weighted by Gasteiger charge is 1.96. The van der Waals surface area contributed by atoms with Gasteiger partial charge in [0.05, 0.1) is 0 Å². The van der Waals surface area contributed by atoms with Gasteiger partial charge in [-0.05, 0) is 24.8 Å². The Kier molecular flexibility index (Phi) is 5.13. The lowest BCUT2D eigenvalue weighted by Gasteiger charge is -2.05. The number of rotatable bonds is 5. The molecule has 0 aliphatic heterocycles. The molecule has 1 nitrogen and oxygen atoms in total. The summed E-state index contributed by atoms with van der Waals surface area (Å²) in [4.78, 5) is 0. The lowest BCUT2D eigenvalue weighted by Crippen LogP contribution is -2.01. The van der Waals surface area contributed by atoms with Crippen molar-refractivity contribution < 1.29 is 4.74 Å². The fourth-order valence-corrected chi connectivity index (χ4v) is 1.56. The summed E-state index contributed by atoms with van der Waals surface area (Å²) >= 11 is 0. The minimum Gasteiger partial charge on any atom is -0.384 e. The van der Waals surface area contributed by atoms with E-state index in [0.29, 0.717) is 5.92 Å². The largest absolute Gasteiger partial charge is 0.384 e. The van der Waals surface area contributed by atoms with Crippen LogP contribution in [0.15, 0.2) is 30.3 Å². The maximum atomic E-state index is 5.09. The Hall–Kier alpha value is -1.08. The molecule has 82 valence electrons. The van der Waals surface area contributed by atoms with Crippen molar-refractivity contribution in [3.8, 4) is 0 Å². The molecule has 0 radical (unpaired) electrons. The van der Waals surface area contributed by atoms with Gasteiger partial charge < -0.3 is 4.74 Å². The van der Waals surface area contributed by atoms with Crippen molar-refractivity contribution in [2.75, 3.05) is 13.7 Å². The fourth-order valence-electron chi connectivity index (χ4n) is 1.56. The second kappa shape index (κ2) is 6.41. The Morgan fingerprint density at radius 2 is 2.20 bits per heavy atom. The van der Waals surface area contributed by atoms with E-state index >= 15 is 0 Å². The molecule has 0 heterocycles. The monoisotopic (exact) mass is 204 g/mol. The predicted octanol–water partition coefficient (Wildman–Crippen LogP) is 3.68. The number of aryl methyl sites for hydroxylation is 1.